The largest absolute Gasteiger partial charge is 0.506 e. The Kier molecular flexibility index (Phi) is 2.86. The maximum atomic E-state index is 9.86. The Morgan fingerprint density at radius 2 is 1.95 bits per heavy atom. The van der Waals surface area contributed by atoms with Crippen molar-refractivity contribution in [1.29, 1.82) is 0 Å². The van der Waals surface area contributed by atoms with Gasteiger partial charge < -0.3 is 9.94 Å². The summed E-state index contributed by atoms with van der Waals surface area (Å²) in [5.41, 5.74) is 3.07. The third kappa shape index (κ3) is 2.01. The van der Waals surface area contributed by atoms with Crippen molar-refractivity contribution in [2.45, 2.75) is 6.61 Å². The first-order valence-electron chi connectivity index (χ1n) is 6.82. The van der Waals surface area contributed by atoms with E-state index in [4.69, 9.17) is 4.84 Å². The Balaban J connectivity index is 1.69. The van der Waals surface area contributed by atoms with Crippen LogP contribution in [0.5, 0.6) is 5.75 Å². The van der Waals surface area contributed by atoms with Crippen molar-refractivity contribution >= 4 is 21.9 Å². The zero-order chi connectivity index (χ0) is 14.9. The Morgan fingerprint density at radius 3 is 2.91 bits per heavy atom. The minimum Gasteiger partial charge on any atom is -0.506 e. The molecule has 0 saturated heterocycles. The van der Waals surface area contributed by atoms with Crippen LogP contribution in [-0.4, -0.2) is 25.2 Å². The SMILES string of the molecule is Oc1ccc(COn2nnc3ccccc32)c2cccnc12. The summed E-state index contributed by atoms with van der Waals surface area (Å²) in [6.07, 6.45) is 1.65. The maximum absolute atomic E-state index is 9.86. The summed E-state index contributed by atoms with van der Waals surface area (Å²) < 4.78 is 0. The van der Waals surface area contributed by atoms with Gasteiger partial charge in [0.05, 0.1) is 0 Å². The van der Waals surface area contributed by atoms with E-state index in [1.807, 2.05) is 42.5 Å². The van der Waals surface area contributed by atoms with Gasteiger partial charge in [0.1, 0.15) is 28.9 Å². The predicted octanol–water partition coefficient (Wildman–Crippen LogP) is 2.31. The molecule has 0 unspecified atom stereocenters. The fourth-order valence-corrected chi connectivity index (χ4v) is 2.42. The van der Waals surface area contributed by atoms with Crippen LogP contribution in [0.2, 0.25) is 0 Å². The van der Waals surface area contributed by atoms with Crippen LogP contribution in [0.3, 0.4) is 0 Å². The van der Waals surface area contributed by atoms with E-state index in [0.717, 1.165) is 22.0 Å². The zero-order valence-electron chi connectivity index (χ0n) is 11.5. The fraction of sp³-hybridized carbons (Fsp3) is 0.0625. The Morgan fingerprint density at radius 1 is 1.05 bits per heavy atom. The van der Waals surface area contributed by atoms with Gasteiger partial charge in [-0.3, -0.25) is 4.98 Å². The minimum absolute atomic E-state index is 0.158. The number of phenols is 1. The number of aromatic nitrogens is 4. The van der Waals surface area contributed by atoms with Gasteiger partial charge >= 0.3 is 0 Å². The van der Waals surface area contributed by atoms with Gasteiger partial charge in [-0.15, -0.1) is 5.10 Å². The summed E-state index contributed by atoms with van der Waals surface area (Å²) in [5.74, 6) is 0.158. The summed E-state index contributed by atoms with van der Waals surface area (Å²) in [6, 6.07) is 14.8. The van der Waals surface area contributed by atoms with E-state index in [-0.39, 0.29) is 5.75 Å². The molecule has 0 radical (unpaired) electrons. The van der Waals surface area contributed by atoms with Crippen molar-refractivity contribution in [2.24, 2.45) is 0 Å². The second kappa shape index (κ2) is 5.00. The second-order valence-electron chi connectivity index (χ2n) is 4.87. The van der Waals surface area contributed by atoms with Crippen LogP contribution in [0.15, 0.2) is 54.7 Å². The van der Waals surface area contributed by atoms with Gasteiger partial charge in [0.15, 0.2) is 0 Å². The monoisotopic (exact) mass is 292 g/mol. The molecule has 6 nitrogen and oxygen atoms in total. The van der Waals surface area contributed by atoms with Crippen LogP contribution in [-0.2, 0) is 6.61 Å². The van der Waals surface area contributed by atoms with Gasteiger partial charge in [0.2, 0.25) is 0 Å². The number of nitrogens with zero attached hydrogens (tertiary/aromatic N) is 4. The molecule has 0 aliphatic heterocycles. The van der Waals surface area contributed by atoms with E-state index in [0.29, 0.717) is 12.1 Å². The van der Waals surface area contributed by atoms with Gasteiger partial charge in [-0.05, 0) is 29.5 Å². The molecule has 108 valence electrons. The van der Waals surface area contributed by atoms with Crippen molar-refractivity contribution in [3.63, 3.8) is 0 Å². The number of rotatable bonds is 3. The fourth-order valence-electron chi connectivity index (χ4n) is 2.42. The number of aromatic hydroxyl groups is 1. The first-order chi connectivity index (χ1) is 10.8. The first kappa shape index (κ1) is 12.6. The second-order valence-corrected chi connectivity index (χ2v) is 4.87. The van der Waals surface area contributed by atoms with Crippen molar-refractivity contribution in [3.8, 4) is 5.75 Å². The van der Waals surface area contributed by atoms with Crippen LogP contribution in [0.4, 0.5) is 0 Å². The number of para-hydroxylation sites is 1. The molecule has 2 aromatic heterocycles. The molecule has 6 heteroatoms. The van der Waals surface area contributed by atoms with E-state index < -0.39 is 0 Å². The summed E-state index contributed by atoms with van der Waals surface area (Å²) in [7, 11) is 0. The van der Waals surface area contributed by atoms with Crippen LogP contribution in [0.1, 0.15) is 5.56 Å². The molecular formula is C16H12N4O2. The lowest BCUT2D eigenvalue weighted by Gasteiger charge is -2.09. The normalized spacial score (nSPS) is 11.1. The molecule has 0 fully saturated rings. The third-order valence-electron chi connectivity index (χ3n) is 3.50. The number of phenolic OH excluding ortho intramolecular Hbond substituents is 1. The summed E-state index contributed by atoms with van der Waals surface area (Å²) >= 11 is 0. The van der Waals surface area contributed by atoms with E-state index in [1.165, 1.54) is 4.85 Å². The molecule has 2 aromatic carbocycles. The number of pyridine rings is 1. The average molecular weight is 292 g/mol. The zero-order valence-corrected chi connectivity index (χ0v) is 11.5. The van der Waals surface area contributed by atoms with Gasteiger partial charge in [0, 0.05) is 17.1 Å². The van der Waals surface area contributed by atoms with Crippen molar-refractivity contribution in [1.82, 2.24) is 20.1 Å². The molecule has 0 amide bonds. The molecule has 0 saturated carbocycles. The molecule has 1 N–H and O–H groups in total. The minimum atomic E-state index is 0.158. The van der Waals surface area contributed by atoms with Gasteiger partial charge in [-0.1, -0.05) is 29.1 Å². The summed E-state index contributed by atoms with van der Waals surface area (Å²) in [6.45, 7) is 0.301. The smallest absolute Gasteiger partial charge is 0.143 e. The highest BCUT2D eigenvalue weighted by Crippen LogP contribution is 2.25. The van der Waals surface area contributed by atoms with Crippen molar-refractivity contribution in [3.05, 3.63) is 60.3 Å². The molecule has 4 aromatic rings. The standard InChI is InChI=1S/C16H12N4O2/c21-15-8-7-11(12-4-3-9-17-16(12)15)10-22-20-14-6-2-1-5-13(14)18-19-20/h1-9,21H,10H2. The van der Waals surface area contributed by atoms with Crippen molar-refractivity contribution < 1.29 is 9.94 Å². The highest BCUT2D eigenvalue weighted by molar-refractivity contribution is 5.87. The topological polar surface area (TPSA) is 73.1 Å². The predicted molar refractivity (Wildman–Crippen MR) is 81.2 cm³/mol. The van der Waals surface area contributed by atoms with E-state index in [2.05, 4.69) is 15.3 Å². The Hall–Kier alpha value is -3.15. The van der Waals surface area contributed by atoms with E-state index in [1.54, 1.807) is 12.3 Å². The molecule has 0 aliphatic carbocycles. The summed E-state index contributed by atoms with van der Waals surface area (Å²) in [4.78, 5) is 11.3. The first-order valence-corrected chi connectivity index (χ1v) is 6.82. The van der Waals surface area contributed by atoms with E-state index in [9.17, 15) is 5.11 Å². The van der Waals surface area contributed by atoms with Gasteiger partial charge in [-0.2, -0.15) is 0 Å². The average Bonchev–Trinajstić information content (AvgIpc) is 2.98. The third-order valence-corrected chi connectivity index (χ3v) is 3.50. The molecule has 22 heavy (non-hydrogen) atoms. The number of fused-ring (bicyclic) bond motifs is 2. The molecular weight excluding hydrogens is 280 g/mol. The Bertz CT molecular complexity index is 965. The lowest BCUT2D eigenvalue weighted by Crippen LogP contribution is -2.13. The van der Waals surface area contributed by atoms with Gasteiger partial charge in [0.25, 0.3) is 0 Å². The van der Waals surface area contributed by atoms with Gasteiger partial charge in [-0.25, -0.2) is 0 Å². The van der Waals surface area contributed by atoms with Crippen LogP contribution in [0.25, 0.3) is 21.9 Å². The molecule has 0 bridgehead atoms. The lowest BCUT2D eigenvalue weighted by atomic mass is 10.1. The van der Waals surface area contributed by atoms with Crippen LogP contribution in [0, 0.1) is 0 Å². The molecule has 2 heterocycles. The molecule has 4 rings (SSSR count). The van der Waals surface area contributed by atoms with Crippen LogP contribution < -0.4 is 4.84 Å². The number of hydrogen-bond acceptors (Lipinski definition) is 5. The Labute approximate surface area is 125 Å². The lowest BCUT2D eigenvalue weighted by molar-refractivity contribution is 0.0758. The molecule has 0 aliphatic rings. The summed E-state index contributed by atoms with van der Waals surface area (Å²) in [5, 5.41) is 18.7. The molecule has 0 atom stereocenters. The maximum Gasteiger partial charge on any atom is 0.143 e. The van der Waals surface area contributed by atoms with Crippen LogP contribution >= 0.6 is 0 Å². The molecule has 0 spiro atoms. The highest BCUT2D eigenvalue weighted by atomic mass is 16.7. The highest BCUT2D eigenvalue weighted by Gasteiger charge is 2.08. The number of hydrogen-bond donors (Lipinski definition) is 1. The number of benzene rings is 2. The van der Waals surface area contributed by atoms with Crippen molar-refractivity contribution in [2.75, 3.05) is 0 Å². The quantitative estimate of drug-likeness (QED) is 0.627. The van der Waals surface area contributed by atoms with E-state index >= 15 is 0 Å².